The number of nitrogens with zero attached hydrogens (tertiary/aromatic N) is 1. The predicted octanol–water partition coefficient (Wildman–Crippen LogP) is 15.8. The van der Waals surface area contributed by atoms with Crippen LogP contribution in [0.4, 0.5) is 17.1 Å². The molecule has 0 bridgehead atoms. The lowest BCUT2D eigenvalue weighted by atomic mass is 9.90. The molecule has 10 aromatic rings. The Hall–Kier alpha value is -7.42. The quantitative estimate of drug-likeness (QED) is 0.162. The number of fused-ring (bicyclic) bond motifs is 5. The monoisotopic (exact) mass is 741 g/mol. The SMILES string of the molecule is C1=Cc2c(cccc2-c2ccc(N(c3ccccc3-c3ccc(-c4ccccc4)cc3)c3ccccc3-c3cccc4oc5cc6ccccc6cc5c34)cc2)CC1. The van der Waals surface area contributed by atoms with Gasteiger partial charge in [-0.05, 0) is 111 Å². The van der Waals surface area contributed by atoms with Crippen LogP contribution < -0.4 is 4.90 Å². The lowest BCUT2D eigenvalue weighted by molar-refractivity contribution is 0.669. The van der Waals surface area contributed by atoms with E-state index in [9.17, 15) is 0 Å². The highest BCUT2D eigenvalue weighted by atomic mass is 16.3. The van der Waals surface area contributed by atoms with Crippen LogP contribution in [0.15, 0.2) is 211 Å². The van der Waals surface area contributed by atoms with Gasteiger partial charge in [0.25, 0.3) is 0 Å². The third-order valence-corrected chi connectivity index (χ3v) is 11.7. The summed E-state index contributed by atoms with van der Waals surface area (Å²) < 4.78 is 6.59. The number of furan rings is 1. The average Bonchev–Trinajstić information content (AvgIpc) is 3.67. The number of anilines is 3. The van der Waals surface area contributed by atoms with Crippen molar-refractivity contribution in [2.24, 2.45) is 0 Å². The molecule has 0 unspecified atom stereocenters. The number of rotatable bonds is 7. The molecule has 0 aliphatic heterocycles. The highest BCUT2D eigenvalue weighted by Gasteiger charge is 2.23. The van der Waals surface area contributed by atoms with Crippen molar-refractivity contribution in [2.75, 3.05) is 4.90 Å². The Morgan fingerprint density at radius 2 is 1.00 bits per heavy atom. The largest absolute Gasteiger partial charge is 0.456 e. The molecule has 0 fully saturated rings. The zero-order valence-corrected chi connectivity index (χ0v) is 32.0. The smallest absolute Gasteiger partial charge is 0.136 e. The molecule has 0 spiro atoms. The fourth-order valence-corrected chi connectivity index (χ4v) is 8.94. The van der Waals surface area contributed by atoms with Crippen LogP contribution in [0.3, 0.4) is 0 Å². The Labute approximate surface area is 338 Å². The van der Waals surface area contributed by atoms with E-state index in [1.807, 2.05) is 0 Å². The standard InChI is InChI=1S/C56H39NO/c1-2-14-38(15-3-1)39-28-30-42(31-29-39)48-21-8-10-25-52(48)57(45-34-32-41(33-35-45)47-23-12-19-40-16-6-7-20-46(40)47)53-26-11-9-22-49(53)50-24-13-27-54-56(50)51-36-43-17-4-5-18-44(43)37-55(51)58-54/h1-5,7-15,17-37H,6,16H2. The van der Waals surface area contributed by atoms with E-state index < -0.39 is 0 Å². The minimum atomic E-state index is 0.882. The van der Waals surface area contributed by atoms with Crippen LogP contribution in [0, 0.1) is 0 Å². The van der Waals surface area contributed by atoms with E-state index in [-0.39, 0.29) is 0 Å². The second-order valence-electron chi connectivity index (χ2n) is 15.2. The van der Waals surface area contributed by atoms with E-state index in [4.69, 9.17) is 4.42 Å². The zero-order valence-electron chi connectivity index (χ0n) is 32.0. The lowest BCUT2D eigenvalue weighted by Gasteiger charge is -2.30. The number of para-hydroxylation sites is 2. The van der Waals surface area contributed by atoms with Gasteiger partial charge in [0.15, 0.2) is 0 Å². The first kappa shape index (κ1) is 33.9. The first-order chi connectivity index (χ1) is 28.8. The van der Waals surface area contributed by atoms with Gasteiger partial charge in [-0.1, -0.05) is 170 Å². The van der Waals surface area contributed by atoms with Gasteiger partial charge < -0.3 is 9.32 Å². The van der Waals surface area contributed by atoms with Crippen molar-refractivity contribution in [2.45, 2.75) is 12.8 Å². The van der Waals surface area contributed by atoms with Gasteiger partial charge in [-0.2, -0.15) is 0 Å². The second-order valence-corrected chi connectivity index (χ2v) is 15.2. The fraction of sp³-hybridized carbons (Fsp3) is 0.0357. The van der Waals surface area contributed by atoms with Crippen molar-refractivity contribution in [3.05, 3.63) is 217 Å². The van der Waals surface area contributed by atoms with Crippen LogP contribution in [0.1, 0.15) is 17.5 Å². The summed E-state index contributed by atoms with van der Waals surface area (Å²) in [6.07, 6.45) is 6.78. The Bertz CT molecular complexity index is 3150. The topological polar surface area (TPSA) is 16.4 Å². The molecule has 0 atom stereocenters. The van der Waals surface area contributed by atoms with Crippen LogP contribution >= 0.6 is 0 Å². The number of aryl methyl sites for hydroxylation is 1. The molecule has 274 valence electrons. The first-order valence-corrected chi connectivity index (χ1v) is 20.1. The van der Waals surface area contributed by atoms with Crippen molar-refractivity contribution in [3.8, 4) is 44.5 Å². The normalized spacial score (nSPS) is 12.3. The van der Waals surface area contributed by atoms with Gasteiger partial charge in [0.1, 0.15) is 11.2 Å². The van der Waals surface area contributed by atoms with Gasteiger partial charge in [0.2, 0.25) is 0 Å². The van der Waals surface area contributed by atoms with Crippen LogP contribution in [0.25, 0.3) is 83.3 Å². The maximum absolute atomic E-state index is 6.59. The Morgan fingerprint density at radius 1 is 0.414 bits per heavy atom. The van der Waals surface area contributed by atoms with Gasteiger partial charge in [-0.25, -0.2) is 0 Å². The molecule has 0 saturated carbocycles. The van der Waals surface area contributed by atoms with Gasteiger partial charge in [0, 0.05) is 27.6 Å². The van der Waals surface area contributed by atoms with Crippen molar-refractivity contribution in [1.29, 1.82) is 0 Å². The molecule has 0 N–H and O–H groups in total. The van der Waals surface area contributed by atoms with Crippen LogP contribution in [-0.4, -0.2) is 0 Å². The van der Waals surface area contributed by atoms with E-state index in [0.717, 1.165) is 74.1 Å². The molecular formula is C56H39NO. The van der Waals surface area contributed by atoms with E-state index in [2.05, 4.69) is 217 Å². The minimum absolute atomic E-state index is 0.882. The minimum Gasteiger partial charge on any atom is -0.456 e. The first-order valence-electron chi connectivity index (χ1n) is 20.1. The Kier molecular flexibility index (Phi) is 8.33. The zero-order chi connectivity index (χ0) is 38.4. The fourth-order valence-electron chi connectivity index (χ4n) is 8.94. The molecule has 2 heteroatoms. The maximum Gasteiger partial charge on any atom is 0.136 e. The maximum atomic E-state index is 6.59. The number of hydrogen-bond donors (Lipinski definition) is 0. The molecule has 1 heterocycles. The lowest BCUT2D eigenvalue weighted by Crippen LogP contribution is -2.12. The second kappa shape index (κ2) is 14.3. The highest BCUT2D eigenvalue weighted by molar-refractivity contribution is 6.16. The summed E-state index contributed by atoms with van der Waals surface area (Å²) >= 11 is 0. The Morgan fingerprint density at radius 3 is 1.81 bits per heavy atom. The molecule has 1 aliphatic rings. The molecule has 2 nitrogen and oxygen atoms in total. The molecule has 0 radical (unpaired) electrons. The van der Waals surface area contributed by atoms with Crippen molar-refractivity contribution >= 4 is 55.8 Å². The van der Waals surface area contributed by atoms with Crippen molar-refractivity contribution < 1.29 is 4.42 Å². The number of allylic oxidation sites excluding steroid dienone is 1. The third-order valence-electron chi connectivity index (χ3n) is 11.7. The molecule has 1 aromatic heterocycles. The van der Waals surface area contributed by atoms with E-state index >= 15 is 0 Å². The number of hydrogen-bond acceptors (Lipinski definition) is 2. The molecule has 11 rings (SSSR count). The third kappa shape index (κ3) is 5.90. The van der Waals surface area contributed by atoms with E-state index in [1.54, 1.807) is 0 Å². The summed E-state index contributed by atoms with van der Waals surface area (Å²) in [5.74, 6) is 0. The van der Waals surface area contributed by atoms with Gasteiger partial charge in [0.05, 0.1) is 11.4 Å². The van der Waals surface area contributed by atoms with E-state index in [1.165, 1.54) is 44.2 Å². The summed E-state index contributed by atoms with van der Waals surface area (Å²) in [5, 5.41) is 4.61. The molecule has 1 aliphatic carbocycles. The Balaban J connectivity index is 1.11. The van der Waals surface area contributed by atoms with Crippen molar-refractivity contribution in [3.63, 3.8) is 0 Å². The number of benzene rings is 9. The molecule has 58 heavy (non-hydrogen) atoms. The van der Waals surface area contributed by atoms with Crippen LogP contribution in [0.2, 0.25) is 0 Å². The summed E-state index contributed by atoms with van der Waals surface area (Å²) in [5.41, 5.74) is 17.3. The van der Waals surface area contributed by atoms with Crippen LogP contribution in [0.5, 0.6) is 0 Å². The summed E-state index contributed by atoms with van der Waals surface area (Å²) in [7, 11) is 0. The average molecular weight is 742 g/mol. The predicted molar refractivity (Wildman–Crippen MR) is 245 cm³/mol. The van der Waals surface area contributed by atoms with Gasteiger partial charge in [-0.15, -0.1) is 0 Å². The van der Waals surface area contributed by atoms with E-state index in [0.29, 0.717) is 0 Å². The highest BCUT2D eigenvalue weighted by Crippen LogP contribution is 2.48. The molecule has 0 amide bonds. The van der Waals surface area contributed by atoms with Gasteiger partial charge in [-0.3, -0.25) is 0 Å². The molecule has 0 saturated heterocycles. The summed E-state index contributed by atoms with van der Waals surface area (Å²) in [6, 6.07) is 72.5. The van der Waals surface area contributed by atoms with Crippen molar-refractivity contribution in [1.82, 2.24) is 0 Å². The van der Waals surface area contributed by atoms with Gasteiger partial charge >= 0.3 is 0 Å². The summed E-state index contributed by atoms with van der Waals surface area (Å²) in [4.78, 5) is 2.44. The van der Waals surface area contributed by atoms with Crippen LogP contribution in [-0.2, 0) is 6.42 Å². The molecular weight excluding hydrogens is 703 g/mol. The summed E-state index contributed by atoms with van der Waals surface area (Å²) in [6.45, 7) is 0. The molecule has 9 aromatic carbocycles.